The molecule has 0 aromatic heterocycles. The van der Waals surface area contributed by atoms with Crippen molar-refractivity contribution in [3.63, 3.8) is 0 Å². The van der Waals surface area contributed by atoms with Crippen LogP contribution < -0.4 is 0 Å². The molecule has 2 heterocycles. The molecule has 2 saturated heterocycles. The normalized spacial score (nSPS) is 17.8. The number of hydrogen-bond acceptors (Lipinski definition) is 5. The van der Waals surface area contributed by atoms with Crippen molar-refractivity contribution in [3.05, 3.63) is 0 Å². The van der Waals surface area contributed by atoms with Crippen molar-refractivity contribution in [2.45, 2.75) is 174 Å². The van der Waals surface area contributed by atoms with Gasteiger partial charge >= 0.3 is 7.75 Å². The molecule has 0 bridgehead atoms. The summed E-state index contributed by atoms with van der Waals surface area (Å²) in [5, 5.41) is 0. The zero-order chi connectivity index (χ0) is 30.0. The Morgan fingerprint density at radius 3 is 1.29 bits per heavy atom. The third-order valence-electron chi connectivity index (χ3n) is 9.35. The minimum Gasteiger partial charge on any atom is -0.379 e. The van der Waals surface area contributed by atoms with Gasteiger partial charge in [0.1, 0.15) is 0 Å². The highest BCUT2D eigenvalue weighted by molar-refractivity contribution is 7.51. The summed E-state index contributed by atoms with van der Waals surface area (Å²) in [7, 11) is -3.23. The van der Waals surface area contributed by atoms with Crippen molar-refractivity contribution < 1.29 is 18.3 Å². The first kappa shape index (κ1) is 38.2. The number of piperidine rings is 1. The van der Waals surface area contributed by atoms with Crippen LogP contribution in [-0.2, 0) is 18.3 Å². The van der Waals surface area contributed by atoms with Crippen molar-refractivity contribution >= 4 is 7.75 Å². The van der Waals surface area contributed by atoms with Gasteiger partial charge in [-0.05, 0) is 25.7 Å². The molecule has 6 nitrogen and oxygen atoms in total. The van der Waals surface area contributed by atoms with Crippen LogP contribution >= 0.6 is 7.75 Å². The number of morpholine rings is 1. The van der Waals surface area contributed by atoms with E-state index in [4.69, 9.17) is 13.8 Å². The molecule has 0 aromatic carbocycles. The van der Waals surface area contributed by atoms with Crippen LogP contribution in [0.25, 0.3) is 0 Å². The minimum absolute atomic E-state index is 0.552. The molecule has 0 atom stereocenters. The van der Waals surface area contributed by atoms with Gasteiger partial charge in [-0.15, -0.1) is 0 Å². The zero-order valence-electron chi connectivity index (χ0n) is 28.2. The predicted molar refractivity (Wildman–Crippen MR) is 179 cm³/mol. The second-order valence-corrected chi connectivity index (χ2v) is 15.1. The summed E-state index contributed by atoms with van der Waals surface area (Å²) in [6, 6.07) is 0.567. The first-order chi connectivity index (χ1) is 20.7. The van der Waals surface area contributed by atoms with Crippen LogP contribution in [0.15, 0.2) is 0 Å². The summed E-state index contributed by atoms with van der Waals surface area (Å²) >= 11 is 0. The molecule has 0 N–H and O–H groups in total. The number of hydrogen-bond donors (Lipinski definition) is 0. The van der Waals surface area contributed by atoms with Crippen molar-refractivity contribution in [3.8, 4) is 0 Å². The Labute approximate surface area is 262 Å². The van der Waals surface area contributed by atoms with Gasteiger partial charge in [0.05, 0.1) is 26.4 Å². The second-order valence-electron chi connectivity index (χ2n) is 13.0. The molecule has 42 heavy (non-hydrogen) atoms. The van der Waals surface area contributed by atoms with E-state index in [-0.39, 0.29) is 0 Å². The Morgan fingerprint density at radius 1 is 0.548 bits per heavy atom. The number of ether oxygens (including phenoxy) is 1. The molecule has 0 aliphatic carbocycles. The predicted octanol–water partition coefficient (Wildman–Crippen LogP) is 10.5. The van der Waals surface area contributed by atoms with E-state index in [1.54, 1.807) is 0 Å². The van der Waals surface area contributed by atoms with Gasteiger partial charge in [0.25, 0.3) is 0 Å². The largest absolute Gasteiger partial charge is 0.408 e. The quantitative estimate of drug-likeness (QED) is 0.0645. The lowest BCUT2D eigenvalue weighted by Crippen LogP contribution is -2.48. The van der Waals surface area contributed by atoms with Crippen molar-refractivity contribution in [2.24, 2.45) is 0 Å². The first-order valence-corrected chi connectivity index (χ1v) is 20.2. The van der Waals surface area contributed by atoms with Crippen molar-refractivity contribution in [1.82, 2.24) is 9.57 Å². The van der Waals surface area contributed by atoms with E-state index < -0.39 is 7.75 Å². The standard InChI is InChI=1S/C35H71N2O4P/c1-3-5-7-9-11-13-15-17-19-21-23-31-40-42(38,37-27-25-35(26-28-37)36-29-33-39-34-30-36)41-32-24-22-20-18-16-14-12-10-8-6-4-2/h35H,3-34H2,1-2H3. The Hall–Kier alpha value is 0.0300. The lowest BCUT2D eigenvalue weighted by Gasteiger charge is -2.41. The highest BCUT2D eigenvalue weighted by atomic mass is 31.2. The van der Waals surface area contributed by atoms with E-state index in [1.807, 2.05) is 0 Å². The molecule has 2 aliphatic rings. The lowest BCUT2D eigenvalue weighted by atomic mass is 10.0. The third kappa shape index (κ3) is 18.1. The first-order valence-electron chi connectivity index (χ1n) is 18.7. The van der Waals surface area contributed by atoms with Crippen molar-refractivity contribution in [1.29, 1.82) is 0 Å². The van der Waals surface area contributed by atoms with Crippen LogP contribution in [0.3, 0.4) is 0 Å². The molecule has 2 aliphatic heterocycles. The number of unbranched alkanes of at least 4 members (excludes halogenated alkanes) is 20. The molecule has 0 spiro atoms. The van der Waals surface area contributed by atoms with E-state index in [0.29, 0.717) is 19.3 Å². The van der Waals surface area contributed by atoms with Gasteiger partial charge in [0.2, 0.25) is 0 Å². The number of nitrogens with zero attached hydrogens (tertiary/aromatic N) is 2. The van der Waals surface area contributed by atoms with E-state index in [0.717, 1.165) is 77.9 Å². The second kappa shape index (κ2) is 26.3. The lowest BCUT2D eigenvalue weighted by molar-refractivity contribution is 0.00365. The summed E-state index contributed by atoms with van der Waals surface area (Å²) in [4.78, 5) is 2.56. The Balaban J connectivity index is 1.63. The SMILES string of the molecule is CCCCCCCCCCCCCOP(=O)(OCCCCCCCCCCCCC)N1CCC(N2CCOCC2)CC1. The van der Waals surface area contributed by atoms with Crippen LogP contribution in [0.5, 0.6) is 0 Å². The summed E-state index contributed by atoms with van der Waals surface area (Å²) in [5.74, 6) is 0. The average Bonchev–Trinajstić information content (AvgIpc) is 3.02. The van der Waals surface area contributed by atoms with Gasteiger partial charge in [-0.3, -0.25) is 13.9 Å². The Morgan fingerprint density at radius 2 is 0.905 bits per heavy atom. The molecule has 2 fully saturated rings. The van der Waals surface area contributed by atoms with E-state index in [2.05, 4.69) is 23.4 Å². The molecule has 0 saturated carbocycles. The maximum atomic E-state index is 14.1. The molecular weight excluding hydrogens is 543 g/mol. The van der Waals surface area contributed by atoms with E-state index >= 15 is 0 Å². The highest BCUT2D eigenvalue weighted by Gasteiger charge is 2.37. The summed E-state index contributed by atoms with van der Waals surface area (Å²) < 4.78 is 34.0. The van der Waals surface area contributed by atoms with E-state index in [9.17, 15) is 4.57 Å². The van der Waals surface area contributed by atoms with Gasteiger partial charge < -0.3 is 4.74 Å². The molecule has 0 amide bonds. The molecule has 0 radical (unpaired) electrons. The maximum absolute atomic E-state index is 14.1. The molecule has 2 rings (SSSR count). The summed E-state index contributed by atoms with van der Waals surface area (Å²) in [6.45, 7) is 11.0. The van der Waals surface area contributed by atoms with Crippen molar-refractivity contribution in [2.75, 3.05) is 52.6 Å². The molecule has 0 unspecified atom stereocenters. The Kier molecular flexibility index (Phi) is 23.9. The molecular formula is C35H71N2O4P. The molecule has 0 aromatic rings. The van der Waals surface area contributed by atoms with Gasteiger partial charge in [0, 0.05) is 32.2 Å². The van der Waals surface area contributed by atoms with Crippen LogP contribution in [0.2, 0.25) is 0 Å². The average molecular weight is 615 g/mol. The smallest absolute Gasteiger partial charge is 0.379 e. The monoisotopic (exact) mass is 615 g/mol. The van der Waals surface area contributed by atoms with E-state index in [1.165, 1.54) is 116 Å². The maximum Gasteiger partial charge on any atom is 0.408 e. The molecule has 250 valence electrons. The fraction of sp³-hybridized carbons (Fsp3) is 1.00. The summed E-state index contributed by atoms with van der Waals surface area (Å²) in [5.41, 5.74) is 0. The third-order valence-corrected chi connectivity index (χ3v) is 11.5. The fourth-order valence-corrected chi connectivity index (χ4v) is 8.34. The van der Waals surface area contributed by atoms with Gasteiger partial charge in [0.15, 0.2) is 0 Å². The zero-order valence-corrected chi connectivity index (χ0v) is 29.1. The topological polar surface area (TPSA) is 51.2 Å². The van der Waals surface area contributed by atoms with Gasteiger partial charge in [-0.25, -0.2) is 9.24 Å². The van der Waals surface area contributed by atoms with Crippen LogP contribution in [0, 0.1) is 0 Å². The van der Waals surface area contributed by atoms with Crippen LogP contribution in [0.4, 0.5) is 0 Å². The fourth-order valence-electron chi connectivity index (χ4n) is 6.50. The Bertz CT molecular complexity index is 606. The minimum atomic E-state index is -3.23. The van der Waals surface area contributed by atoms with Crippen LogP contribution in [0.1, 0.15) is 168 Å². The van der Waals surface area contributed by atoms with Crippen LogP contribution in [-0.4, -0.2) is 68.2 Å². The van der Waals surface area contributed by atoms with Gasteiger partial charge in [-0.1, -0.05) is 142 Å². The molecule has 7 heteroatoms. The number of rotatable bonds is 28. The highest BCUT2D eigenvalue weighted by Crippen LogP contribution is 2.53. The summed E-state index contributed by atoms with van der Waals surface area (Å²) in [6.07, 6.45) is 30.8. The van der Waals surface area contributed by atoms with Gasteiger partial charge in [-0.2, -0.15) is 0 Å².